The summed E-state index contributed by atoms with van der Waals surface area (Å²) in [6.07, 6.45) is 0. The monoisotopic (exact) mass is 256 g/mol. The van der Waals surface area contributed by atoms with E-state index in [0.717, 1.165) is 10.8 Å². The van der Waals surface area contributed by atoms with E-state index in [9.17, 15) is 4.79 Å². The smallest absolute Gasteiger partial charge is 0.328 e. The standard InChI is InChI=1S/C14H16N4O/c1-2-18(13(15)16)14(19)17-12-9-5-7-10-6-3-4-8-11(10)12/h3-9H,2H2,1H3,(H3,15,16)(H,17,19). The Morgan fingerprint density at radius 3 is 2.63 bits per heavy atom. The van der Waals surface area contributed by atoms with Gasteiger partial charge < -0.3 is 11.1 Å². The van der Waals surface area contributed by atoms with Gasteiger partial charge in [0.1, 0.15) is 0 Å². The highest BCUT2D eigenvalue weighted by molar-refractivity contribution is 6.06. The summed E-state index contributed by atoms with van der Waals surface area (Å²) >= 11 is 0. The van der Waals surface area contributed by atoms with Gasteiger partial charge in [0.25, 0.3) is 0 Å². The first-order chi connectivity index (χ1) is 9.13. The Hall–Kier alpha value is -2.56. The van der Waals surface area contributed by atoms with Gasteiger partial charge in [-0.3, -0.25) is 10.3 Å². The first-order valence-corrected chi connectivity index (χ1v) is 6.03. The summed E-state index contributed by atoms with van der Waals surface area (Å²) in [5.74, 6) is -0.264. The van der Waals surface area contributed by atoms with E-state index in [4.69, 9.17) is 11.1 Å². The number of carbonyl (C=O) groups is 1. The van der Waals surface area contributed by atoms with Crippen LogP contribution in [0.25, 0.3) is 10.8 Å². The third kappa shape index (κ3) is 2.65. The van der Waals surface area contributed by atoms with E-state index in [1.54, 1.807) is 6.92 Å². The van der Waals surface area contributed by atoms with Gasteiger partial charge >= 0.3 is 6.03 Å². The van der Waals surface area contributed by atoms with Crippen molar-refractivity contribution in [2.45, 2.75) is 6.92 Å². The largest absolute Gasteiger partial charge is 0.370 e. The molecule has 0 heterocycles. The molecule has 2 rings (SSSR count). The van der Waals surface area contributed by atoms with Crippen molar-refractivity contribution < 1.29 is 4.79 Å². The number of guanidine groups is 1. The first-order valence-electron chi connectivity index (χ1n) is 6.03. The van der Waals surface area contributed by atoms with E-state index in [0.29, 0.717) is 12.2 Å². The minimum Gasteiger partial charge on any atom is -0.370 e. The summed E-state index contributed by atoms with van der Waals surface area (Å²) in [5, 5.41) is 12.1. The molecule has 98 valence electrons. The van der Waals surface area contributed by atoms with E-state index >= 15 is 0 Å². The van der Waals surface area contributed by atoms with E-state index in [1.165, 1.54) is 4.90 Å². The van der Waals surface area contributed by atoms with Crippen molar-refractivity contribution in [2.24, 2.45) is 5.73 Å². The SMILES string of the molecule is CCN(C(=N)N)C(=O)Nc1cccc2ccccc12. The summed E-state index contributed by atoms with van der Waals surface area (Å²) in [6.45, 7) is 2.12. The maximum Gasteiger partial charge on any atom is 0.328 e. The minimum absolute atomic E-state index is 0.264. The third-order valence-electron chi connectivity index (χ3n) is 2.88. The van der Waals surface area contributed by atoms with Crippen molar-refractivity contribution >= 4 is 28.5 Å². The fourth-order valence-electron chi connectivity index (χ4n) is 1.94. The molecule has 0 spiro atoms. The zero-order chi connectivity index (χ0) is 13.8. The molecule has 0 aliphatic carbocycles. The molecule has 0 saturated carbocycles. The molecule has 0 aliphatic rings. The number of hydrogen-bond acceptors (Lipinski definition) is 2. The van der Waals surface area contributed by atoms with Crippen LogP contribution in [0.4, 0.5) is 10.5 Å². The van der Waals surface area contributed by atoms with Gasteiger partial charge in [-0.25, -0.2) is 4.79 Å². The zero-order valence-corrected chi connectivity index (χ0v) is 10.7. The average molecular weight is 256 g/mol. The molecule has 0 saturated heterocycles. The number of hydrogen-bond donors (Lipinski definition) is 3. The summed E-state index contributed by atoms with van der Waals surface area (Å²) in [7, 11) is 0. The van der Waals surface area contributed by atoms with Crippen molar-refractivity contribution in [3.05, 3.63) is 42.5 Å². The van der Waals surface area contributed by atoms with Crippen molar-refractivity contribution in [2.75, 3.05) is 11.9 Å². The summed E-state index contributed by atoms with van der Waals surface area (Å²) in [6, 6.07) is 13.1. The molecule has 0 aromatic heterocycles. The lowest BCUT2D eigenvalue weighted by Gasteiger charge is -2.19. The lowest BCUT2D eigenvalue weighted by atomic mass is 10.1. The molecule has 5 heteroatoms. The minimum atomic E-state index is -0.397. The van der Waals surface area contributed by atoms with Crippen LogP contribution >= 0.6 is 0 Å². The zero-order valence-electron chi connectivity index (χ0n) is 10.7. The van der Waals surface area contributed by atoms with E-state index < -0.39 is 6.03 Å². The number of amides is 2. The molecule has 0 atom stereocenters. The maximum atomic E-state index is 12.0. The van der Waals surface area contributed by atoms with Crippen molar-refractivity contribution in [3.63, 3.8) is 0 Å². The van der Waals surface area contributed by atoms with Crippen LogP contribution in [0, 0.1) is 5.41 Å². The topological polar surface area (TPSA) is 82.2 Å². The fourth-order valence-corrected chi connectivity index (χ4v) is 1.94. The molecule has 4 N–H and O–H groups in total. The normalized spacial score (nSPS) is 10.2. The van der Waals surface area contributed by atoms with Gasteiger partial charge in [0.2, 0.25) is 0 Å². The van der Waals surface area contributed by atoms with E-state index in [1.807, 2.05) is 42.5 Å². The summed E-state index contributed by atoms with van der Waals surface area (Å²) < 4.78 is 0. The second-order valence-corrected chi connectivity index (χ2v) is 4.09. The van der Waals surface area contributed by atoms with Crippen LogP contribution in [0.15, 0.2) is 42.5 Å². The second kappa shape index (κ2) is 5.39. The van der Waals surface area contributed by atoms with E-state index in [2.05, 4.69) is 5.32 Å². The van der Waals surface area contributed by atoms with Gasteiger partial charge in [-0.15, -0.1) is 0 Å². The van der Waals surface area contributed by atoms with Crippen LogP contribution < -0.4 is 11.1 Å². The Labute approximate surface area is 111 Å². The lowest BCUT2D eigenvalue weighted by molar-refractivity contribution is 0.234. The Bertz CT molecular complexity index is 618. The van der Waals surface area contributed by atoms with E-state index in [-0.39, 0.29) is 5.96 Å². The fraction of sp³-hybridized carbons (Fsp3) is 0.143. The molecular weight excluding hydrogens is 240 g/mol. The van der Waals surface area contributed by atoms with Gasteiger partial charge in [-0.1, -0.05) is 36.4 Å². The second-order valence-electron chi connectivity index (χ2n) is 4.09. The highest BCUT2D eigenvalue weighted by Gasteiger charge is 2.14. The average Bonchev–Trinajstić information content (AvgIpc) is 2.39. The number of urea groups is 1. The molecule has 0 aliphatic heterocycles. The summed E-state index contributed by atoms with van der Waals surface area (Å²) in [4.78, 5) is 13.2. The number of nitrogens with two attached hydrogens (primary N) is 1. The number of rotatable bonds is 2. The maximum absolute atomic E-state index is 12.0. The molecule has 0 fully saturated rings. The van der Waals surface area contributed by atoms with Gasteiger partial charge in [0.15, 0.2) is 5.96 Å². The quantitative estimate of drug-likeness (QED) is 0.570. The molecule has 5 nitrogen and oxygen atoms in total. The molecule has 2 aromatic rings. The number of nitrogens with zero attached hydrogens (tertiary/aromatic N) is 1. The van der Waals surface area contributed by atoms with Crippen molar-refractivity contribution in [1.82, 2.24) is 4.90 Å². The Balaban J connectivity index is 2.31. The van der Waals surface area contributed by atoms with Gasteiger partial charge in [-0.2, -0.15) is 0 Å². The predicted octanol–water partition coefficient (Wildman–Crippen LogP) is 2.59. The molecule has 2 aromatic carbocycles. The van der Waals surface area contributed by atoms with Crippen LogP contribution in [0.2, 0.25) is 0 Å². The highest BCUT2D eigenvalue weighted by atomic mass is 16.2. The molecular formula is C14H16N4O. The van der Waals surface area contributed by atoms with Crippen molar-refractivity contribution in [3.8, 4) is 0 Å². The van der Waals surface area contributed by atoms with Crippen molar-refractivity contribution in [1.29, 1.82) is 5.41 Å². The van der Waals surface area contributed by atoms with Crippen LogP contribution in [0.5, 0.6) is 0 Å². The van der Waals surface area contributed by atoms with Gasteiger partial charge in [0.05, 0.1) is 5.69 Å². The van der Waals surface area contributed by atoms with Crippen LogP contribution in [0.1, 0.15) is 6.92 Å². The van der Waals surface area contributed by atoms with Crippen LogP contribution in [0.3, 0.4) is 0 Å². The van der Waals surface area contributed by atoms with Crippen LogP contribution in [-0.2, 0) is 0 Å². The third-order valence-corrected chi connectivity index (χ3v) is 2.88. The molecule has 0 radical (unpaired) electrons. The summed E-state index contributed by atoms with van der Waals surface area (Å²) in [5.41, 5.74) is 6.07. The van der Waals surface area contributed by atoms with Gasteiger partial charge in [0, 0.05) is 11.9 Å². The Morgan fingerprint density at radius 2 is 1.95 bits per heavy atom. The van der Waals surface area contributed by atoms with Crippen LogP contribution in [-0.4, -0.2) is 23.4 Å². The lowest BCUT2D eigenvalue weighted by Crippen LogP contribution is -2.43. The Kier molecular flexibility index (Phi) is 3.66. The molecule has 19 heavy (non-hydrogen) atoms. The predicted molar refractivity (Wildman–Crippen MR) is 77.3 cm³/mol. The number of nitrogens with one attached hydrogen (secondary N) is 2. The number of fused-ring (bicyclic) bond motifs is 1. The van der Waals surface area contributed by atoms with Gasteiger partial charge in [-0.05, 0) is 18.4 Å². The molecule has 0 unspecified atom stereocenters. The first kappa shape index (κ1) is 12.9. The highest BCUT2D eigenvalue weighted by Crippen LogP contribution is 2.23. The Morgan fingerprint density at radius 1 is 1.26 bits per heavy atom. The molecule has 2 amide bonds. The number of anilines is 1. The molecule has 0 bridgehead atoms. The number of benzene rings is 2. The number of carbonyl (C=O) groups excluding carboxylic acids is 1.